The number of rotatable bonds is 6. The fourth-order valence-electron chi connectivity index (χ4n) is 2.79. The van der Waals surface area contributed by atoms with Gasteiger partial charge in [0.05, 0.1) is 29.7 Å². The molecule has 0 saturated carbocycles. The maximum Gasteiger partial charge on any atom is 0.236 e. The average Bonchev–Trinajstić information content (AvgIpc) is 3.40. The normalized spacial score (nSPS) is 10.9. The Balaban J connectivity index is 1.45. The van der Waals surface area contributed by atoms with E-state index in [-0.39, 0.29) is 12.3 Å². The van der Waals surface area contributed by atoms with E-state index in [1.54, 1.807) is 28.3 Å². The highest BCUT2D eigenvalue weighted by Gasteiger charge is 2.16. The van der Waals surface area contributed by atoms with E-state index in [0.717, 1.165) is 14.9 Å². The van der Waals surface area contributed by atoms with Crippen molar-refractivity contribution in [1.82, 2.24) is 14.8 Å². The molecular formula is C20H17BrN4O2S. The number of aromatic nitrogens is 3. The van der Waals surface area contributed by atoms with Crippen LogP contribution in [0.5, 0.6) is 0 Å². The Hall–Kier alpha value is -2.71. The minimum atomic E-state index is -0.164. The standard InChI is InChI=1S/C20H17BrN4O2S/c1-13-16(23-20(27-13)17-7-4-10-28-17)11-19(26)24-18-8-9-22-25(18)12-14-5-2-3-6-15(14)21/h2-10H,11-12H2,1H3,(H,24,26). The summed E-state index contributed by atoms with van der Waals surface area (Å²) in [6.07, 6.45) is 1.81. The van der Waals surface area contributed by atoms with Gasteiger partial charge in [-0.1, -0.05) is 40.2 Å². The molecule has 0 bridgehead atoms. The predicted molar refractivity (Wildman–Crippen MR) is 112 cm³/mol. The van der Waals surface area contributed by atoms with Gasteiger partial charge < -0.3 is 9.73 Å². The molecule has 3 heterocycles. The van der Waals surface area contributed by atoms with Gasteiger partial charge in [-0.25, -0.2) is 9.67 Å². The van der Waals surface area contributed by atoms with Crippen molar-refractivity contribution in [2.45, 2.75) is 19.9 Å². The van der Waals surface area contributed by atoms with Crippen molar-refractivity contribution in [3.63, 3.8) is 0 Å². The molecule has 8 heteroatoms. The lowest BCUT2D eigenvalue weighted by molar-refractivity contribution is -0.115. The lowest BCUT2D eigenvalue weighted by Gasteiger charge is -2.10. The molecule has 4 rings (SSSR count). The van der Waals surface area contributed by atoms with Gasteiger partial charge in [-0.3, -0.25) is 4.79 Å². The summed E-state index contributed by atoms with van der Waals surface area (Å²) in [4.78, 5) is 18.0. The molecule has 4 aromatic rings. The van der Waals surface area contributed by atoms with E-state index in [0.29, 0.717) is 29.7 Å². The van der Waals surface area contributed by atoms with Gasteiger partial charge in [0.25, 0.3) is 0 Å². The topological polar surface area (TPSA) is 73.0 Å². The van der Waals surface area contributed by atoms with Crippen LogP contribution in [0.3, 0.4) is 0 Å². The Morgan fingerprint density at radius 3 is 2.89 bits per heavy atom. The summed E-state index contributed by atoms with van der Waals surface area (Å²) in [6.45, 7) is 2.37. The number of hydrogen-bond donors (Lipinski definition) is 1. The van der Waals surface area contributed by atoms with Crippen LogP contribution in [0.15, 0.2) is 62.9 Å². The molecule has 0 unspecified atom stereocenters. The van der Waals surface area contributed by atoms with E-state index >= 15 is 0 Å². The second kappa shape index (κ2) is 8.12. The Morgan fingerprint density at radius 2 is 2.11 bits per heavy atom. The number of halogens is 1. The van der Waals surface area contributed by atoms with E-state index in [4.69, 9.17) is 4.42 Å². The fourth-order valence-corrected chi connectivity index (χ4v) is 3.85. The molecule has 0 atom stereocenters. The number of nitrogens with zero attached hydrogens (tertiary/aromatic N) is 3. The van der Waals surface area contributed by atoms with Gasteiger partial charge in [0.2, 0.25) is 11.8 Å². The smallest absolute Gasteiger partial charge is 0.236 e. The average molecular weight is 457 g/mol. The number of anilines is 1. The van der Waals surface area contributed by atoms with Gasteiger partial charge in [-0.2, -0.15) is 5.10 Å². The van der Waals surface area contributed by atoms with Crippen LogP contribution in [-0.4, -0.2) is 20.7 Å². The molecule has 1 amide bonds. The van der Waals surface area contributed by atoms with Gasteiger partial charge in [0.15, 0.2) is 0 Å². The van der Waals surface area contributed by atoms with Crippen LogP contribution in [0.1, 0.15) is 17.0 Å². The molecule has 0 spiro atoms. The number of oxazole rings is 1. The zero-order chi connectivity index (χ0) is 19.5. The first-order chi connectivity index (χ1) is 13.6. The Morgan fingerprint density at radius 1 is 1.25 bits per heavy atom. The summed E-state index contributed by atoms with van der Waals surface area (Å²) < 4.78 is 8.46. The van der Waals surface area contributed by atoms with Crippen LogP contribution >= 0.6 is 27.3 Å². The third-order valence-electron chi connectivity index (χ3n) is 4.21. The molecule has 0 radical (unpaired) electrons. The third kappa shape index (κ3) is 4.07. The van der Waals surface area contributed by atoms with Crippen LogP contribution < -0.4 is 5.32 Å². The highest BCUT2D eigenvalue weighted by molar-refractivity contribution is 9.10. The summed E-state index contributed by atoms with van der Waals surface area (Å²) in [6, 6.07) is 13.6. The fraction of sp³-hybridized carbons (Fsp3) is 0.150. The number of benzene rings is 1. The summed E-state index contributed by atoms with van der Waals surface area (Å²) >= 11 is 5.09. The quantitative estimate of drug-likeness (QED) is 0.447. The van der Waals surface area contributed by atoms with Gasteiger partial charge >= 0.3 is 0 Å². The minimum absolute atomic E-state index is 0.140. The van der Waals surface area contributed by atoms with E-state index in [2.05, 4.69) is 31.3 Å². The van der Waals surface area contributed by atoms with Crippen LogP contribution in [-0.2, 0) is 17.8 Å². The zero-order valence-corrected chi connectivity index (χ0v) is 17.5. The van der Waals surface area contributed by atoms with Gasteiger partial charge in [0, 0.05) is 10.5 Å². The van der Waals surface area contributed by atoms with Crippen molar-refractivity contribution in [2.24, 2.45) is 0 Å². The molecular weight excluding hydrogens is 440 g/mol. The molecule has 0 saturated heterocycles. The van der Waals surface area contributed by atoms with Crippen molar-refractivity contribution >= 4 is 39.0 Å². The largest absolute Gasteiger partial charge is 0.440 e. The molecule has 6 nitrogen and oxygen atoms in total. The third-order valence-corrected chi connectivity index (χ3v) is 5.85. The Kier molecular flexibility index (Phi) is 5.40. The number of aryl methyl sites for hydroxylation is 1. The maximum absolute atomic E-state index is 12.6. The molecule has 1 aromatic carbocycles. The summed E-state index contributed by atoms with van der Waals surface area (Å²) in [5.74, 6) is 1.68. The molecule has 0 aliphatic heterocycles. The van der Waals surface area contributed by atoms with Crippen molar-refractivity contribution in [3.8, 4) is 10.8 Å². The number of thiophene rings is 1. The zero-order valence-electron chi connectivity index (χ0n) is 15.1. The SMILES string of the molecule is Cc1oc(-c2cccs2)nc1CC(=O)Nc1ccnn1Cc1ccccc1Br. The van der Waals surface area contributed by atoms with Crippen molar-refractivity contribution in [1.29, 1.82) is 0 Å². The lowest BCUT2D eigenvalue weighted by atomic mass is 10.2. The van der Waals surface area contributed by atoms with Crippen LogP contribution in [0, 0.1) is 6.92 Å². The second-order valence-corrected chi connectivity index (χ2v) is 7.99. The Labute approximate surface area is 174 Å². The molecule has 0 fully saturated rings. The summed E-state index contributed by atoms with van der Waals surface area (Å²) in [5, 5.41) is 9.20. The first-order valence-corrected chi connectivity index (χ1v) is 10.3. The summed E-state index contributed by atoms with van der Waals surface area (Å²) in [5.41, 5.74) is 1.72. The Bertz CT molecular complexity index is 1100. The van der Waals surface area contributed by atoms with Crippen molar-refractivity contribution in [3.05, 3.63) is 75.5 Å². The number of hydrogen-bond acceptors (Lipinski definition) is 5. The maximum atomic E-state index is 12.6. The van der Waals surface area contributed by atoms with E-state index in [9.17, 15) is 4.79 Å². The monoisotopic (exact) mass is 456 g/mol. The van der Waals surface area contributed by atoms with E-state index in [1.165, 1.54) is 0 Å². The number of carbonyl (C=O) groups is 1. The second-order valence-electron chi connectivity index (χ2n) is 6.19. The molecule has 1 N–H and O–H groups in total. The minimum Gasteiger partial charge on any atom is -0.440 e. The van der Waals surface area contributed by atoms with Crippen LogP contribution in [0.4, 0.5) is 5.82 Å². The molecule has 142 valence electrons. The van der Waals surface area contributed by atoms with Crippen molar-refractivity contribution < 1.29 is 9.21 Å². The van der Waals surface area contributed by atoms with Gasteiger partial charge in [-0.05, 0) is 30.0 Å². The predicted octanol–water partition coefficient (Wildman–Crippen LogP) is 4.90. The lowest BCUT2D eigenvalue weighted by Crippen LogP contribution is -2.18. The van der Waals surface area contributed by atoms with Gasteiger partial charge in [-0.15, -0.1) is 11.3 Å². The molecule has 3 aromatic heterocycles. The van der Waals surface area contributed by atoms with Crippen LogP contribution in [0.25, 0.3) is 10.8 Å². The first kappa shape index (κ1) is 18.6. The molecule has 0 aliphatic rings. The van der Waals surface area contributed by atoms with E-state index < -0.39 is 0 Å². The number of nitrogens with one attached hydrogen (secondary N) is 1. The molecule has 0 aliphatic carbocycles. The van der Waals surface area contributed by atoms with Crippen LogP contribution in [0.2, 0.25) is 0 Å². The number of amides is 1. The highest BCUT2D eigenvalue weighted by atomic mass is 79.9. The summed E-state index contributed by atoms with van der Waals surface area (Å²) in [7, 11) is 0. The van der Waals surface area contributed by atoms with E-state index in [1.807, 2.05) is 48.7 Å². The van der Waals surface area contributed by atoms with Crippen molar-refractivity contribution in [2.75, 3.05) is 5.32 Å². The first-order valence-electron chi connectivity index (χ1n) is 8.65. The number of carbonyl (C=O) groups excluding carboxylic acids is 1. The highest BCUT2D eigenvalue weighted by Crippen LogP contribution is 2.26. The van der Waals surface area contributed by atoms with Gasteiger partial charge in [0.1, 0.15) is 11.6 Å². The molecule has 28 heavy (non-hydrogen) atoms.